The highest BCUT2D eigenvalue weighted by atomic mass is 35.5. The lowest BCUT2D eigenvalue weighted by Crippen LogP contribution is -2.42. The van der Waals surface area contributed by atoms with E-state index in [1.165, 1.54) is 41.7 Å². The minimum Gasteiger partial charge on any atom is -0.495 e. The van der Waals surface area contributed by atoms with E-state index >= 15 is 0 Å². The lowest BCUT2D eigenvalue weighted by Gasteiger charge is -2.31. The van der Waals surface area contributed by atoms with Gasteiger partial charge < -0.3 is 4.74 Å². The molecule has 0 unspecified atom stereocenters. The Hall–Kier alpha value is -1.68. The van der Waals surface area contributed by atoms with Crippen LogP contribution in [-0.2, 0) is 19.9 Å². The lowest BCUT2D eigenvalue weighted by molar-refractivity contribution is 0.345. The van der Waals surface area contributed by atoms with Crippen molar-refractivity contribution >= 4 is 31.5 Å². The van der Waals surface area contributed by atoms with Crippen LogP contribution in [0.2, 0.25) is 5.02 Å². The maximum absolute atomic E-state index is 13.1. The zero-order chi connectivity index (χ0) is 20.5. The first-order valence-electron chi connectivity index (χ1n) is 8.49. The van der Waals surface area contributed by atoms with Crippen molar-refractivity contribution < 1.29 is 26.0 Å². The summed E-state index contributed by atoms with van der Waals surface area (Å²) in [5.74, 6) is -0.150. The van der Waals surface area contributed by atoms with Crippen LogP contribution < -0.4 is 4.74 Å². The number of benzene rings is 2. The molecule has 0 aromatic heterocycles. The third-order valence-electron chi connectivity index (χ3n) is 4.74. The Morgan fingerprint density at radius 2 is 1.57 bits per heavy atom. The van der Waals surface area contributed by atoms with E-state index in [1.807, 2.05) is 0 Å². The maximum atomic E-state index is 13.1. The number of rotatable bonds is 5. The highest BCUT2D eigenvalue weighted by molar-refractivity contribution is 7.92. The van der Waals surface area contributed by atoms with Gasteiger partial charge >= 0.3 is 0 Å². The van der Waals surface area contributed by atoms with Crippen LogP contribution in [0, 0.1) is 5.82 Å². The summed E-state index contributed by atoms with van der Waals surface area (Å²) in [4.78, 5) is 0.0651. The lowest BCUT2D eigenvalue weighted by atomic mass is 10.2. The van der Waals surface area contributed by atoms with Gasteiger partial charge in [0.05, 0.1) is 27.2 Å². The van der Waals surface area contributed by atoms with E-state index in [0.29, 0.717) is 5.75 Å². The molecular formula is C18H19ClFNO5S2. The molecule has 0 atom stereocenters. The number of hydrogen-bond acceptors (Lipinski definition) is 5. The van der Waals surface area contributed by atoms with Crippen molar-refractivity contribution in [2.75, 3.05) is 20.2 Å². The van der Waals surface area contributed by atoms with Crippen molar-refractivity contribution in [3.05, 3.63) is 53.3 Å². The molecule has 1 aliphatic heterocycles. The van der Waals surface area contributed by atoms with Crippen molar-refractivity contribution in [3.63, 3.8) is 0 Å². The molecule has 0 radical (unpaired) electrons. The molecule has 0 N–H and O–H groups in total. The second-order valence-corrected chi connectivity index (χ2v) is 11.0. The van der Waals surface area contributed by atoms with E-state index in [-0.39, 0.29) is 40.7 Å². The monoisotopic (exact) mass is 447 g/mol. The normalized spacial score (nSPS) is 16.8. The standard InChI is InChI=1S/C18H19ClFNO5S2/c1-26-18-7-6-16(12-17(18)19)28(24,25)21-10-8-15(9-11-21)27(22,23)14-4-2-13(20)3-5-14/h2-7,12,15H,8-11H2,1H3. The van der Waals surface area contributed by atoms with Gasteiger partial charge in [-0.15, -0.1) is 0 Å². The predicted octanol–water partition coefficient (Wildman–Crippen LogP) is 3.11. The molecule has 3 rings (SSSR count). The summed E-state index contributed by atoms with van der Waals surface area (Å²) in [7, 11) is -6.02. The average molecular weight is 448 g/mol. The van der Waals surface area contributed by atoms with Crippen molar-refractivity contribution in [1.82, 2.24) is 4.31 Å². The molecule has 0 aliphatic carbocycles. The number of sulfonamides is 1. The summed E-state index contributed by atoms with van der Waals surface area (Å²) in [5.41, 5.74) is 0. The third kappa shape index (κ3) is 4.03. The summed E-state index contributed by atoms with van der Waals surface area (Å²) >= 11 is 6.02. The highest BCUT2D eigenvalue weighted by Gasteiger charge is 2.35. The van der Waals surface area contributed by atoms with E-state index < -0.39 is 30.9 Å². The van der Waals surface area contributed by atoms with E-state index in [9.17, 15) is 21.2 Å². The van der Waals surface area contributed by atoms with Crippen LogP contribution >= 0.6 is 11.6 Å². The van der Waals surface area contributed by atoms with Crippen LogP contribution in [0.15, 0.2) is 52.3 Å². The number of ether oxygens (including phenoxy) is 1. The van der Waals surface area contributed by atoms with Crippen LogP contribution in [0.4, 0.5) is 4.39 Å². The SMILES string of the molecule is COc1ccc(S(=O)(=O)N2CCC(S(=O)(=O)c3ccc(F)cc3)CC2)cc1Cl. The number of nitrogens with zero attached hydrogens (tertiary/aromatic N) is 1. The van der Waals surface area contributed by atoms with Crippen molar-refractivity contribution in [2.24, 2.45) is 0 Å². The summed E-state index contributed by atoms with van der Waals surface area (Å²) in [5, 5.41) is -0.541. The molecule has 6 nitrogen and oxygen atoms in total. The molecule has 0 spiro atoms. The van der Waals surface area contributed by atoms with Crippen LogP contribution in [0.5, 0.6) is 5.75 Å². The van der Waals surface area contributed by atoms with E-state index in [2.05, 4.69) is 0 Å². The second-order valence-electron chi connectivity index (χ2n) is 6.40. The molecule has 10 heteroatoms. The van der Waals surface area contributed by atoms with E-state index in [4.69, 9.17) is 16.3 Å². The fourth-order valence-corrected chi connectivity index (χ4v) is 6.71. The molecule has 28 heavy (non-hydrogen) atoms. The molecular weight excluding hydrogens is 429 g/mol. The topological polar surface area (TPSA) is 80.8 Å². The smallest absolute Gasteiger partial charge is 0.243 e. The summed E-state index contributed by atoms with van der Waals surface area (Å²) in [6, 6.07) is 8.85. The summed E-state index contributed by atoms with van der Waals surface area (Å²) in [6.45, 7) is 0.133. The zero-order valence-electron chi connectivity index (χ0n) is 15.0. The molecule has 1 aliphatic rings. The van der Waals surface area contributed by atoms with Crippen molar-refractivity contribution in [2.45, 2.75) is 27.9 Å². The number of sulfone groups is 1. The maximum Gasteiger partial charge on any atom is 0.243 e. The van der Waals surface area contributed by atoms with Gasteiger partial charge in [-0.2, -0.15) is 4.31 Å². The molecule has 0 bridgehead atoms. The number of halogens is 2. The molecule has 1 fully saturated rings. The van der Waals surface area contributed by atoms with Gasteiger partial charge in [0.2, 0.25) is 10.0 Å². The first-order valence-corrected chi connectivity index (χ1v) is 11.9. The Kier molecular flexibility index (Phi) is 6.00. The summed E-state index contributed by atoms with van der Waals surface area (Å²) in [6.07, 6.45) is 0.311. The fraction of sp³-hybridized carbons (Fsp3) is 0.333. The van der Waals surface area contributed by atoms with Crippen molar-refractivity contribution in [1.29, 1.82) is 0 Å². The molecule has 0 saturated carbocycles. The first-order chi connectivity index (χ1) is 13.2. The van der Waals surface area contributed by atoms with Gasteiger partial charge in [0.15, 0.2) is 9.84 Å². The van der Waals surface area contributed by atoms with Gasteiger partial charge in [0.25, 0.3) is 0 Å². The zero-order valence-corrected chi connectivity index (χ0v) is 17.4. The molecule has 152 valence electrons. The molecule has 2 aromatic rings. The number of piperidine rings is 1. The summed E-state index contributed by atoms with van der Waals surface area (Å²) < 4.78 is 70.4. The van der Waals surface area contributed by atoms with Crippen LogP contribution in [0.1, 0.15) is 12.8 Å². The van der Waals surface area contributed by atoms with Gasteiger partial charge in [0, 0.05) is 13.1 Å². The average Bonchev–Trinajstić information content (AvgIpc) is 2.68. The highest BCUT2D eigenvalue weighted by Crippen LogP contribution is 2.31. The van der Waals surface area contributed by atoms with Gasteiger partial charge in [-0.1, -0.05) is 11.6 Å². The van der Waals surface area contributed by atoms with Gasteiger partial charge in [0.1, 0.15) is 11.6 Å². The molecule has 1 heterocycles. The Morgan fingerprint density at radius 1 is 1.00 bits per heavy atom. The number of hydrogen-bond donors (Lipinski definition) is 0. The fourth-order valence-electron chi connectivity index (χ4n) is 3.16. The van der Waals surface area contributed by atoms with Gasteiger partial charge in [-0.25, -0.2) is 21.2 Å². The first kappa shape index (κ1) is 21.0. The minimum atomic E-state index is -3.80. The van der Waals surface area contributed by atoms with E-state index in [0.717, 1.165) is 12.1 Å². The van der Waals surface area contributed by atoms with Gasteiger partial charge in [-0.05, 0) is 55.3 Å². The second kappa shape index (κ2) is 7.98. The molecule has 2 aromatic carbocycles. The Labute approximate surface area is 168 Å². The minimum absolute atomic E-state index is 0.0261. The van der Waals surface area contributed by atoms with Crippen LogP contribution in [0.25, 0.3) is 0 Å². The van der Waals surface area contributed by atoms with E-state index in [1.54, 1.807) is 0 Å². The van der Waals surface area contributed by atoms with Crippen LogP contribution in [-0.4, -0.2) is 46.6 Å². The van der Waals surface area contributed by atoms with Crippen molar-refractivity contribution in [3.8, 4) is 5.75 Å². The third-order valence-corrected chi connectivity index (χ3v) is 9.21. The Morgan fingerprint density at radius 3 is 2.11 bits per heavy atom. The van der Waals surface area contributed by atoms with Crippen LogP contribution in [0.3, 0.4) is 0 Å². The molecule has 0 amide bonds. The number of methoxy groups -OCH3 is 1. The quantitative estimate of drug-likeness (QED) is 0.658. The van der Waals surface area contributed by atoms with Gasteiger partial charge in [-0.3, -0.25) is 0 Å². The molecule has 1 saturated heterocycles. The largest absolute Gasteiger partial charge is 0.495 e. The Balaban J connectivity index is 1.75. The predicted molar refractivity (Wildman–Crippen MR) is 103 cm³/mol. The Bertz CT molecular complexity index is 1060.